The van der Waals surface area contributed by atoms with E-state index >= 15 is 0 Å². The van der Waals surface area contributed by atoms with Crippen LogP contribution < -0.4 is 26.0 Å². The van der Waals surface area contributed by atoms with Gasteiger partial charge in [-0.3, -0.25) is 4.79 Å². The summed E-state index contributed by atoms with van der Waals surface area (Å²) < 4.78 is 16.6. The molecule has 10 nitrogen and oxygen atoms in total. The van der Waals surface area contributed by atoms with Crippen LogP contribution in [0.3, 0.4) is 0 Å². The average Bonchev–Trinajstić information content (AvgIpc) is 2.91. The van der Waals surface area contributed by atoms with Gasteiger partial charge in [0, 0.05) is 37.8 Å². The Morgan fingerprint density at radius 3 is 2.26 bits per heavy atom. The molecule has 0 radical (unpaired) electrons. The highest BCUT2D eigenvalue weighted by Gasteiger charge is 2.33. The summed E-state index contributed by atoms with van der Waals surface area (Å²) in [5, 5.41) is 11.2. The van der Waals surface area contributed by atoms with Gasteiger partial charge in [-0.15, -0.1) is 0 Å². The fraction of sp³-hybridized carbons (Fsp3) is 0.545. The van der Waals surface area contributed by atoms with E-state index in [1.54, 1.807) is 21.0 Å². The standard InChI is InChI=1S/C33H50N4O6/c1-10-34-29(39)36-21-23-13-11-14-24(19-23)26-16-15-25(20-27(26)42-22-41-9)32(5,6)17-12-18-35-28(38)33(7,8)43-30(40)37-31(2,3)4/h11,13-16,19-20H,10,12,17-18,21-22H2,1-9H3,(H,35,38)(H,37,40)(H2,34,36,39). The van der Waals surface area contributed by atoms with E-state index < -0.39 is 17.2 Å². The molecule has 4 amide bonds. The number of carbonyl (C=O) groups excluding carboxylic acids is 3. The molecule has 0 fully saturated rings. The number of nitrogens with one attached hydrogen (secondary N) is 4. The van der Waals surface area contributed by atoms with Crippen LogP contribution in [0.15, 0.2) is 42.5 Å². The lowest BCUT2D eigenvalue weighted by molar-refractivity contribution is -0.136. The molecule has 0 aromatic heterocycles. The van der Waals surface area contributed by atoms with Crippen molar-refractivity contribution in [2.45, 2.75) is 91.3 Å². The highest BCUT2D eigenvalue weighted by Crippen LogP contribution is 2.37. The molecule has 238 valence electrons. The van der Waals surface area contributed by atoms with E-state index in [4.69, 9.17) is 14.2 Å². The van der Waals surface area contributed by atoms with Crippen molar-refractivity contribution < 1.29 is 28.6 Å². The zero-order valence-electron chi connectivity index (χ0n) is 27.2. The Hall–Kier alpha value is -3.79. The minimum Gasteiger partial charge on any atom is -0.467 e. The first kappa shape index (κ1) is 35.4. The van der Waals surface area contributed by atoms with E-state index in [0.717, 1.165) is 35.1 Å². The third-order valence-electron chi connectivity index (χ3n) is 6.76. The van der Waals surface area contributed by atoms with Crippen LogP contribution in [0.25, 0.3) is 11.1 Å². The molecule has 0 saturated heterocycles. The number of hydrogen-bond acceptors (Lipinski definition) is 6. The molecule has 2 aromatic rings. The lowest BCUT2D eigenvalue weighted by Gasteiger charge is -2.28. The van der Waals surface area contributed by atoms with E-state index in [1.807, 2.05) is 64.1 Å². The molecule has 43 heavy (non-hydrogen) atoms. The third kappa shape index (κ3) is 11.8. The highest BCUT2D eigenvalue weighted by atomic mass is 16.7. The predicted octanol–water partition coefficient (Wildman–Crippen LogP) is 5.63. The summed E-state index contributed by atoms with van der Waals surface area (Å²) in [6.45, 7) is 16.4. The van der Waals surface area contributed by atoms with Gasteiger partial charge in [-0.25, -0.2) is 9.59 Å². The summed E-state index contributed by atoms with van der Waals surface area (Å²) in [6, 6.07) is 13.9. The van der Waals surface area contributed by atoms with Gasteiger partial charge in [0.15, 0.2) is 12.4 Å². The number of benzene rings is 2. The number of hydrogen-bond donors (Lipinski definition) is 4. The molecule has 0 aliphatic heterocycles. The Morgan fingerprint density at radius 1 is 0.884 bits per heavy atom. The van der Waals surface area contributed by atoms with Crippen LogP contribution >= 0.6 is 0 Å². The van der Waals surface area contributed by atoms with Gasteiger partial charge in [0.05, 0.1) is 0 Å². The fourth-order valence-electron chi connectivity index (χ4n) is 4.38. The van der Waals surface area contributed by atoms with Crippen LogP contribution in [0, 0.1) is 0 Å². The summed E-state index contributed by atoms with van der Waals surface area (Å²) in [5.41, 5.74) is 1.96. The van der Waals surface area contributed by atoms with Crippen LogP contribution in [0.1, 0.15) is 79.4 Å². The highest BCUT2D eigenvalue weighted by molar-refractivity contribution is 5.86. The van der Waals surface area contributed by atoms with Gasteiger partial charge in [0.1, 0.15) is 5.75 Å². The molecule has 0 unspecified atom stereocenters. The van der Waals surface area contributed by atoms with E-state index in [1.165, 1.54) is 0 Å². The molecule has 0 bridgehead atoms. The molecule has 0 heterocycles. The molecule has 0 aliphatic rings. The Morgan fingerprint density at radius 2 is 1.60 bits per heavy atom. The number of rotatable bonds is 14. The summed E-state index contributed by atoms with van der Waals surface area (Å²) in [6.07, 6.45) is 0.884. The first-order chi connectivity index (χ1) is 20.1. The lowest BCUT2D eigenvalue weighted by Crippen LogP contribution is -2.50. The Bertz CT molecular complexity index is 1240. The Balaban J connectivity index is 2.08. The molecule has 0 aliphatic carbocycles. The summed E-state index contributed by atoms with van der Waals surface area (Å²) >= 11 is 0. The minimum absolute atomic E-state index is 0.104. The smallest absolute Gasteiger partial charge is 0.408 e. The molecule has 10 heteroatoms. The van der Waals surface area contributed by atoms with E-state index in [2.05, 4.69) is 41.2 Å². The summed E-state index contributed by atoms with van der Waals surface area (Å²) in [4.78, 5) is 36.7. The van der Waals surface area contributed by atoms with Crippen molar-refractivity contribution in [1.82, 2.24) is 21.3 Å². The number of ether oxygens (including phenoxy) is 3. The Kier molecular flexibility index (Phi) is 12.9. The van der Waals surface area contributed by atoms with Gasteiger partial charge in [-0.05, 0) is 88.6 Å². The quantitative estimate of drug-likeness (QED) is 0.165. The van der Waals surface area contributed by atoms with Crippen molar-refractivity contribution in [3.63, 3.8) is 0 Å². The van der Waals surface area contributed by atoms with E-state index in [-0.39, 0.29) is 24.1 Å². The molecule has 0 saturated carbocycles. The van der Waals surface area contributed by atoms with Gasteiger partial charge < -0.3 is 35.5 Å². The SMILES string of the molecule is CCNC(=O)NCc1cccc(-c2ccc(C(C)(C)CCCNC(=O)C(C)(C)OC(=O)NC(C)(C)C)cc2OCOC)c1. The normalized spacial score (nSPS) is 11.8. The topological polar surface area (TPSA) is 127 Å². The van der Waals surface area contributed by atoms with E-state index in [0.29, 0.717) is 25.4 Å². The first-order valence-corrected chi connectivity index (χ1v) is 14.7. The van der Waals surface area contributed by atoms with Crippen molar-refractivity contribution in [3.05, 3.63) is 53.6 Å². The number of carbonyl (C=O) groups is 3. The van der Waals surface area contributed by atoms with Gasteiger partial charge in [-0.1, -0.05) is 44.2 Å². The first-order valence-electron chi connectivity index (χ1n) is 14.7. The zero-order valence-corrected chi connectivity index (χ0v) is 27.2. The van der Waals surface area contributed by atoms with Gasteiger partial charge in [-0.2, -0.15) is 0 Å². The molecule has 0 spiro atoms. The maximum Gasteiger partial charge on any atom is 0.408 e. The predicted molar refractivity (Wildman–Crippen MR) is 169 cm³/mol. The molecule has 0 atom stereocenters. The van der Waals surface area contributed by atoms with Crippen LogP contribution in [0.5, 0.6) is 5.75 Å². The largest absolute Gasteiger partial charge is 0.467 e. The third-order valence-corrected chi connectivity index (χ3v) is 6.76. The maximum absolute atomic E-state index is 12.7. The van der Waals surface area contributed by atoms with Crippen molar-refractivity contribution in [2.75, 3.05) is 27.0 Å². The molecule has 2 rings (SSSR count). The van der Waals surface area contributed by atoms with Crippen molar-refractivity contribution >= 4 is 18.0 Å². The molecule has 2 aromatic carbocycles. The minimum atomic E-state index is -1.30. The van der Waals surface area contributed by atoms with Gasteiger partial charge in [0.2, 0.25) is 0 Å². The van der Waals surface area contributed by atoms with Crippen molar-refractivity contribution in [2.24, 2.45) is 0 Å². The van der Waals surface area contributed by atoms with Crippen LogP contribution in [0.4, 0.5) is 9.59 Å². The second kappa shape index (κ2) is 15.6. The number of amides is 4. The van der Waals surface area contributed by atoms with E-state index in [9.17, 15) is 14.4 Å². The molecular weight excluding hydrogens is 548 g/mol. The number of alkyl carbamates (subject to hydrolysis) is 1. The van der Waals surface area contributed by atoms with Crippen molar-refractivity contribution in [1.29, 1.82) is 0 Å². The zero-order chi connectivity index (χ0) is 32.3. The Labute approximate surface area is 256 Å². The number of urea groups is 1. The fourth-order valence-corrected chi connectivity index (χ4v) is 4.38. The maximum atomic E-state index is 12.7. The molecular formula is C33H50N4O6. The molecule has 4 N–H and O–H groups in total. The van der Waals surface area contributed by atoms with Gasteiger partial charge in [0.25, 0.3) is 5.91 Å². The number of methoxy groups -OCH3 is 1. The summed E-state index contributed by atoms with van der Waals surface area (Å²) in [5.74, 6) is 0.347. The van der Waals surface area contributed by atoms with Crippen LogP contribution in [-0.4, -0.2) is 56.2 Å². The van der Waals surface area contributed by atoms with Crippen LogP contribution in [-0.2, 0) is 26.2 Å². The van der Waals surface area contributed by atoms with Crippen LogP contribution in [0.2, 0.25) is 0 Å². The van der Waals surface area contributed by atoms with Crippen molar-refractivity contribution in [3.8, 4) is 16.9 Å². The summed E-state index contributed by atoms with van der Waals surface area (Å²) in [7, 11) is 1.58. The lowest BCUT2D eigenvalue weighted by atomic mass is 9.80. The average molecular weight is 599 g/mol. The monoisotopic (exact) mass is 598 g/mol. The van der Waals surface area contributed by atoms with Gasteiger partial charge >= 0.3 is 12.1 Å². The second-order valence-corrected chi connectivity index (χ2v) is 12.7. The second-order valence-electron chi connectivity index (χ2n) is 12.7.